The van der Waals surface area contributed by atoms with Crippen LogP contribution in [0.1, 0.15) is 0 Å². The van der Waals surface area contributed by atoms with Crippen molar-refractivity contribution in [1.82, 2.24) is 9.21 Å². The van der Waals surface area contributed by atoms with Gasteiger partial charge in [0.1, 0.15) is 0 Å². The molecule has 9 heteroatoms. The lowest BCUT2D eigenvalue weighted by Crippen LogP contribution is -2.48. The lowest BCUT2D eigenvalue weighted by molar-refractivity contribution is -0.384. The molecular formula is C12H14N4O4S. The topological polar surface area (TPSA) is 108 Å². The Balaban J connectivity index is 2.12. The Morgan fingerprint density at radius 3 is 2.24 bits per heavy atom. The fourth-order valence-corrected chi connectivity index (χ4v) is 3.54. The van der Waals surface area contributed by atoms with Crippen molar-refractivity contribution in [3.05, 3.63) is 34.4 Å². The summed E-state index contributed by atoms with van der Waals surface area (Å²) in [5.41, 5.74) is -0.146. The first-order chi connectivity index (χ1) is 9.95. The zero-order chi connectivity index (χ0) is 15.5. The minimum absolute atomic E-state index is 0.0434. The molecule has 1 saturated heterocycles. The number of hydrogen-bond donors (Lipinski definition) is 0. The average molecular weight is 310 g/mol. The molecule has 0 spiro atoms. The SMILES string of the molecule is N#CCN1CCN(S(=O)(=O)c2ccc([N+](=O)[O-])cc2)CC1. The molecule has 1 fully saturated rings. The van der Waals surface area contributed by atoms with E-state index >= 15 is 0 Å². The van der Waals surface area contributed by atoms with Gasteiger partial charge in [-0.3, -0.25) is 15.0 Å². The van der Waals surface area contributed by atoms with Gasteiger partial charge in [0, 0.05) is 38.3 Å². The molecule has 8 nitrogen and oxygen atoms in total. The molecule has 21 heavy (non-hydrogen) atoms. The summed E-state index contributed by atoms with van der Waals surface area (Å²) < 4.78 is 26.1. The first-order valence-corrected chi connectivity index (χ1v) is 7.73. The number of nitriles is 1. The number of nitrogens with zero attached hydrogens (tertiary/aromatic N) is 4. The van der Waals surface area contributed by atoms with Crippen LogP contribution in [0.15, 0.2) is 29.2 Å². The van der Waals surface area contributed by atoms with Crippen molar-refractivity contribution < 1.29 is 13.3 Å². The average Bonchev–Trinajstić information content (AvgIpc) is 2.48. The van der Waals surface area contributed by atoms with Gasteiger partial charge >= 0.3 is 0 Å². The molecule has 1 aromatic carbocycles. The zero-order valence-corrected chi connectivity index (χ0v) is 12.0. The van der Waals surface area contributed by atoms with Crippen LogP contribution in [-0.2, 0) is 10.0 Å². The van der Waals surface area contributed by atoms with E-state index in [1.54, 1.807) is 0 Å². The van der Waals surface area contributed by atoms with E-state index in [9.17, 15) is 18.5 Å². The van der Waals surface area contributed by atoms with Crippen LogP contribution in [0.3, 0.4) is 0 Å². The van der Waals surface area contributed by atoms with Crippen LogP contribution in [0.25, 0.3) is 0 Å². The third-order valence-electron chi connectivity index (χ3n) is 3.31. The van der Waals surface area contributed by atoms with Gasteiger partial charge in [0.25, 0.3) is 5.69 Å². The Kier molecular flexibility index (Phi) is 4.52. The molecule has 112 valence electrons. The Morgan fingerprint density at radius 2 is 1.76 bits per heavy atom. The molecule has 0 aliphatic carbocycles. The summed E-state index contributed by atoms with van der Waals surface area (Å²) in [5, 5.41) is 19.2. The van der Waals surface area contributed by atoms with Crippen molar-refractivity contribution in [2.45, 2.75) is 4.90 Å². The number of benzene rings is 1. The normalized spacial score (nSPS) is 17.3. The predicted octanol–water partition coefficient (Wildman–Crippen LogP) is 0.425. The summed E-state index contributed by atoms with van der Waals surface area (Å²) in [5.74, 6) is 0. The highest BCUT2D eigenvalue weighted by molar-refractivity contribution is 7.89. The highest BCUT2D eigenvalue weighted by Gasteiger charge is 2.28. The van der Waals surface area contributed by atoms with Crippen molar-refractivity contribution >= 4 is 15.7 Å². The number of hydrogen-bond acceptors (Lipinski definition) is 6. The lowest BCUT2D eigenvalue weighted by atomic mass is 10.3. The van der Waals surface area contributed by atoms with Crippen LogP contribution in [0.2, 0.25) is 0 Å². The fraction of sp³-hybridized carbons (Fsp3) is 0.417. The Morgan fingerprint density at radius 1 is 1.19 bits per heavy atom. The van der Waals surface area contributed by atoms with Gasteiger partial charge in [0.2, 0.25) is 10.0 Å². The third-order valence-corrected chi connectivity index (χ3v) is 5.22. The molecule has 2 rings (SSSR count). The second-order valence-corrected chi connectivity index (χ2v) is 6.53. The van der Waals surface area contributed by atoms with E-state index < -0.39 is 14.9 Å². The minimum Gasteiger partial charge on any atom is -0.288 e. The van der Waals surface area contributed by atoms with Crippen LogP contribution >= 0.6 is 0 Å². The van der Waals surface area contributed by atoms with Gasteiger partial charge in [-0.1, -0.05) is 0 Å². The van der Waals surface area contributed by atoms with Gasteiger partial charge < -0.3 is 0 Å². The molecule has 1 heterocycles. The van der Waals surface area contributed by atoms with Gasteiger partial charge in [-0.05, 0) is 12.1 Å². The minimum atomic E-state index is -3.64. The summed E-state index contributed by atoms with van der Waals surface area (Å²) >= 11 is 0. The highest BCUT2D eigenvalue weighted by atomic mass is 32.2. The largest absolute Gasteiger partial charge is 0.288 e. The second-order valence-electron chi connectivity index (χ2n) is 4.59. The van der Waals surface area contributed by atoms with Crippen LogP contribution in [0.5, 0.6) is 0 Å². The second kappa shape index (κ2) is 6.17. The molecule has 0 N–H and O–H groups in total. The van der Waals surface area contributed by atoms with Crippen molar-refractivity contribution in [3.8, 4) is 6.07 Å². The molecular weight excluding hydrogens is 296 g/mol. The standard InChI is InChI=1S/C12H14N4O4S/c13-5-6-14-7-9-15(10-8-14)21(19,20)12-3-1-11(2-4-12)16(17)18/h1-4H,6-10H2. The summed E-state index contributed by atoms with van der Waals surface area (Å²) in [6, 6.07) is 6.88. The maximum Gasteiger partial charge on any atom is 0.269 e. The number of rotatable bonds is 4. The maximum atomic E-state index is 12.4. The van der Waals surface area contributed by atoms with Gasteiger partial charge in [0.05, 0.1) is 22.4 Å². The van der Waals surface area contributed by atoms with Crippen LogP contribution in [0.4, 0.5) is 5.69 Å². The molecule has 1 aliphatic heterocycles. The molecule has 0 radical (unpaired) electrons. The van der Waals surface area contributed by atoms with Crippen LogP contribution in [0, 0.1) is 21.4 Å². The number of non-ortho nitro benzene ring substituents is 1. The summed E-state index contributed by atoms with van der Waals surface area (Å²) in [7, 11) is -3.64. The molecule has 0 amide bonds. The van der Waals surface area contributed by atoms with Crippen LogP contribution < -0.4 is 0 Å². The van der Waals surface area contributed by atoms with E-state index in [1.165, 1.54) is 28.6 Å². The smallest absolute Gasteiger partial charge is 0.269 e. The molecule has 0 unspecified atom stereocenters. The van der Waals surface area contributed by atoms with Gasteiger partial charge in [-0.2, -0.15) is 9.57 Å². The van der Waals surface area contributed by atoms with E-state index in [0.29, 0.717) is 26.2 Å². The van der Waals surface area contributed by atoms with E-state index in [4.69, 9.17) is 5.26 Å². The zero-order valence-electron chi connectivity index (χ0n) is 11.2. The summed E-state index contributed by atoms with van der Waals surface area (Å²) in [6.45, 7) is 1.90. The summed E-state index contributed by atoms with van der Waals surface area (Å²) in [4.78, 5) is 11.9. The first kappa shape index (κ1) is 15.4. The fourth-order valence-electron chi connectivity index (χ4n) is 2.12. The van der Waals surface area contributed by atoms with Crippen molar-refractivity contribution in [2.24, 2.45) is 0 Å². The van der Waals surface area contributed by atoms with Crippen LogP contribution in [-0.4, -0.2) is 55.3 Å². The van der Waals surface area contributed by atoms with E-state index in [0.717, 1.165) is 0 Å². The molecule has 0 bridgehead atoms. The predicted molar refractivity (Wildman–Crippen MR) is 73.9 cm³/mol. The number of nitro groups is 1. The number of sulfonamides is 1. The monoisotopic (exact) mass is 310 g/mol. The lowest BCUT2D eigenvalue weighted by Gasteiger charge is -2.32. The van der Waals surface area contributed by atoms with Crippen molar-refractivity contribution in [1.29, 1.82) is 5.26 Å². The molecule has 0 aromatic heterocycles. The Hall–Kier alpha value is -2.02. The van der Waals surface area contributed by atoms with Crippen molar-refractivity contribution in [2.75, 3.05) is 32.7 Å². The van der Waals surface area contributed by atoms with Gasteiger partial charge in [-0.15, -0.1) is 0 Å². The van der Waals surface area contributed by atoms with E-state index in [1.807, 2.05) is 11.0 Å². The molecule has 1 aromatic rings. The van der Waals surface area contributed by atoms with Gasteiger partial charge in [-0.25, -0.2) is 8.42 Å². The first-order valence-electron chi connectivity index (χ1n) is 6.29. The van der Waals surface area contributed by atoms with E-state index in [-0.39, 0.29) is 17.1 Å². The Bertz CT molecular complexity index is 657. The Labute approximate surface area is 122 Å². The molecule has 1 aliphatic rings. The highest BCUT2D eigenvalue weighted by Crippen LogP contribution is 2.20. The number of nitro benzene ring substituents is 1. The van der Waals surface area contributed by atoms with Gasteiger partial charge in [0.15, 0.2) is 0 Å². The third kappa shape index (κ3) is 3.36. The molecule has 0 atom stereocenters. The molecule has 0 saturated carbocycles. The van der Waals surface area contributed by atoms with Crippen molar-refractivity contribution in [3.63, 3.8) is 0 Å². The quantitative estimate of drug-likeness (QED) is 0.453. The maximum absolute atomic E-state index is 12.4. The van der Waals surface area contributed by atoms with E-state index in [2.05, 4.69) is 0 Å². The number of piperazine rings is 1. The summed E-state index contributed by atoms with van der Waals surface area (Å²) in [6.07, 6.45) is 0.